The van der Waals surface area contributed by atoms with Crippen molar-refractivity contribution in [2.45, 2.75) is 52.1 Å². The minimum absolute atomic E-state index is 0.730. The van der Waals surface area contributed by atoms with Gasteiger partial charge in [0.15, 0.2) is 0 Å². The first-order valence-corrected chi connectivity index (χ1v) is 8.18. The van der Waals surface area contributed by atoms with Crippen LogP contribution < -0.4 is 10.2 Å². The van der Waals surface area contributed by atoms with E-state index in [4.69, 9.17) is 9.72 Å². The van der Waals surface area contributed by atoms with Crippen molar-refractivity contribution < 1.29 is 4.74 Å². The second-order valence-corrected chi connectivity index (χ2v) is 5.93. The van der Waals surface area contributed by atoms with Gasteiger partial charge in [-0.25, -0.2) is 4.98 Å². The quantitative estimate of drug-likeness (QED) is 0.673. The zero-order valence-corrected chi connectivity index (χ0v) is 13.7. The van der Waals surface area contributed by atoms with E-state index in [9.17, 15) is 0 Å². The van der Waals surface area contributed by atoms with Gasteiger partial charge in [-0.3, -0.25) is 0 Å². The number of aromatic nitrogens is 1. The lowest BCUT2D eigenvalue weighted by atomic mass is 10.2. The zero-order chi connectivity index (χ0) is 15.1. The molecule has 1 aliphatic rings. The van der Waals surface area contributed by atoms with Crippen molar-refractivity contribution in [1.29, 1.82) is 0 Å². The molecule has 1 aliphatic carbocycles. The summed E-state index contributed by atoms with van der Waals surface area (Å²) in [7, 11) is 1.73. The average Bonchev–Trinajstić information content (AvgIpc) is 3.30. The second kappa shape index (κ2) is 8.35. The van der Waals surface area contributed by atoms with Gasteiger partial charge in [0.05, 0.1) is 6.61 Å². The van der Waals surface area contributed by atoms with Crippen LogP contribution in [0.4, 0.5) is 5.82 Å². The van der Waals surface area contributed by atoms with Crippen LogP contribution in [-0.4, -0.2) is 37.8 Å². The van der Waals surface area contributed by atoms with Gasteiger partial charge in [-0.05, 0) is 43.4 Å². The molecular formula is C17H29N3O. The lowest BCUT2D eigenvalue weighted by molar-refractivity contribution is 0.199. The summed E-state index contributed by atoms with van der Waals surface area (Å²) in [6.45, 7) is 8.05. The van der Waals surface area contributed by atoms with Crippen LogP contribution in [0.2, 0.25) is 0 Å². The Bertz CT molecular complexity index is 432. The van der Waals surface area contributed by atoms with Crippen molar-refractivity contribution in [2.24, 2.45) is 0 Å². The van der Waals surface area contributed by atoms with E-state index in [1.165, 1.54) is 42.6 Å². The number of nitrogens with zero attached hydrogens (tertiary/aromatic N) is 2. The number of nitrogens with one attached hydrogen (secondary N) is 1. The Morgan fingerprint density at radius 1 is 1.43 bits per heavy atom. The molecule has 0 amide bonds. The van der Waals surface area contributed by atoms with Crippen LogP contribution in [-0.2, 0) is 11.3 Å². The molecule has 1 saturated carbocycles. The number of unbranched alkanes of at least 4 members (excludes halogenated alkanes) is 1. The van der Waals surface area contributed by atoms with Gasteiger partial charge >= 0.3 is 0 Å². The number of methoxy groups -OCH3 is 1. The molecule has 0 bridgehead atoms. The fraction of sp³-hybridized carbons (Fsp3) is 0.706. The fourth-order valence-corrected chi connectivity index (χ4v) is 2.61. The number of ether oxygens (including phenoxy) is 1. The summed E-state index contributed by atoms with van der Waals surface area (Å²) in [5.74, 6) is 1.19. The number of hydrogen-bond donors (Lipinski definition) is 1. The lowest BCUT2D eigenvalue weighted by Gasteiger charge is -2.25. The highest BCUT2D eigenvalue weighted by atomic mass is 16.5. The SMILES string of the molecule is CCCCN(c1ncc(CNCCOC)cc1C)C1CC1. The highest BCUT2D eigenvalue weighted by Crippen LogP contribution is 2.32. The van der Waals surface area contributed by atoms with Gasteiger partial charge < -0.3 is 15.0 Å². The Kier molecular flexibility index (Phi) is 6.46. The van der Waals surface area contributed by atoms with Gasteiger partial charge in [-0.1, -0.05) is 13.3 Å². The molecule has 0 unspecified atom stereocenters. The average molecular weight is 291 g/mol. The molecule has 0 aliphatic heterocycles. The molecule has 1 N–H and O–H groups in total. The van der Waals surface area contributed by atoms with Crippen LogP contribution in [0.1, 0.15) is 43.7 Å². The molecule has 0 saturated heterocycles. The summed E-state index contributed by atoms with van der Waals surface area (Å²) in [5, 5.41) is 3.37. The van der Waals surface area contributed by atoms with Crippen molar-refractivity contribution >= 4 is 5.82 Å². The first-order valence-electron chi connectivity index (χ1n) is 8.18. The van der Waals surface area contributed by atoms with E-state index in [0.29, 0.717) is 0 Å². The van der Waals surface area contributed by atoms with Gasteiger partial charge in [0.25, 0.3) is 0 Å². The number of rotatable bonds is 10. The molecule has 4 heteroatoms. The van der Waals surface area contributed by atoms with Crippen molar-refractivity contribution in [3.8, 4) is 0 Å². The molecule has 2 rings (SSSR count). The maximum atomic E-state index is 5.04. The predicted octanol–water partition coefficient (Wildman–Crippen LogP) is 2.89. The van der Waals surface area contributed by atoms with E-state index in [2.05, 4.69) is 30.1 Å². The summed E-state index contributed by atoms with van der Waals surface area (Å²) in [5.41, 5.74) is 2.54. The maximum absolute atomic E-state index is 5.04. The van der Waals surface area contributed by atoms with Gasteiger partial charge in [0.2, 0.25) is 0 Å². The van der Waals surface area contributed by atoms with E-state index >= 15 is 0 Å². The maximum Gasteiger partial charge on any atom is 0.131 e. The molecule has 1 heterocycles. The van der Waals surface area contributed by atoms with Gasteiger partial charge in [-0.2, -0.15) is 0 Å². The third-order valence-corrected chi connectivity index (χ3v) is 3.93. The topological polar surface area (TPSA) is 37.4 Å². The molecule has 118 valence electrons. The van der Waals surface area contributed by atoms with Gasteiger partial charge in [0, 0.05) is 39.0 Å². The first-order chi connectivity index (χ1) is 10.3. The summed E-state index contributed by atoms with van der Waals surface area (Å²) in [6.07, 6.45) is 7.15. The first kappa shape index (κ1) is 16.2. The number of aryl methyl sites for hydroxylation is 1. The highest BCUT2D eigenvalue weighted by molar-refractivity contribution is 5.49. The number of pyridine rings is 1. The van der Waals surface area contributed by atoms with Crippen LogP contribution in [0.25, 0.3) is 0 Å². The molecule has 1 aromatic heterocycles. The van der Waals surface area contributed by atoms with E-state index in [1.54, 1.807) is 7.11 Å². The molecule has 4 nitrogen and oxygen atoms in total. The standard InChI is InChI=1S/C17H29N3O/c1-4-5-9-20(16-6-7-16)17-14(2)11-15(13-19-17)12-18-8-10-21-3/h11,13,16,18H,4-10,12H2,1-3H3. The molecule has 1 aromatic rings. The predicted molar refractivity (Wildman–Crippen MR) is 87.8 cm³/mol. The van der Waals surface area contributed by atoms with Crippen molar-refractivity contribution in [2.75, 3.05) is 31.7 Å². The minimum Gasteiger partial charge on any atom is -0.383 e. The Labute approximate surface area is 128 Å². The Morgan fingerprint density at radius 3 is 2.86 bits per heavy atom. The summed E-state index contributed by atoms with van der Waals surface area (Å²) >= 11 is 0. The molecule has 0 spiro atoms. The van der Waals surface area contributed by atoms with E-state index < -0.39 is 0 Å². The summed E-state index contributed by atoms with van der Waals surface area (Å²) < 4.78 is 5.04. The summed E-state index contributed by atoms with van der Waals surface area (Å²) in [4.78, 5) is 7.26. The smallest absolute Gasteiger partial charge is 0.131 e. The third-order valence-electron chi connectivity index (χ3n) is 3.93. The third kappa shape index (κ3) is 4.97. The molecule has 0 aromatic carbocycles. The van der Waals surface area contributed by atoms with Gasteiger partial charge in [0.1, 0.15) is 5.82 Å². The van der Waals surface area contributed by atoms with Crippen molar-refractivity contribution in [3.63, 3.8) is 0 Å². The van der Waals surface area contributed by atoms with Crippen molar-refractivity contribution in [3.05, 3.63) is 23.4 Å². The number of anilines is 1. The lowest BCUT2D eigenvalue weighted by Crippen LogP contribution is -2.28. The van der Waals surface area contributed by atoms with Gasteiger partial charge in [-0.15, -0.1) is 0 Å². The zero-order valence-electron chi connectivity index (χ0n) is 13.7. The Hall–Kier alpha value is -1.13. The van der Waals surface area contributed by atoms with Crippen LogP contribution in [0.5, 0.6) is 0 Å². The van der Waals surface area contributed by atoms with E-state index in [0.717, 1.165) is 32.3 Å². The largest absolute Gasteiger partial charge is 0.383 e. The summed E-state index contributed by atoms with van der Waals surface area (Å²) in [6, 6.07) is 3.00. The normalized spacial score (nSPS) is 14.4. The molecular weight excluding hydrogens is 262 g/mol. The van der Waals surface area contributed by atoms with Crippen LogP contribution in [0.3, 0.4) is 0 Å². The Balaban J connectivity index is 1.96. The molecule has 1 fully saturated rings. The molecule has 21 heavy (non-hydrogen) atoms. The molecule has 0 radical (unpaired) electrons. The van der Waals surface area contributed by atoms with Crippen molar-refractivity contribution in [1.82, 2.24) is 10.3 Å². The Morgan fingerprint density at radius 2 is 2.24 bits per heavy atom. The van der Waals surface area contributed by atoms with E-state index in [-0.39, 0.29) is 0 Å². The van der Waals surface area contributed by atoms with Crippen LogP contribution >= 0.6 is 0 Å². The highest BCUT2D eigenvalue weighted by Gasteiger charge is 2.30. The molecule has 0 atom stereocenters. The minimum atomic E-state index is 0.730. The fourth-order valence-electron chi connectivity index (χ4n) is 2.61. The monoisotopic (exact) mass is 291 g/mol. The van der Waals surface area contributed by atoms with E-state index in [1.807, 2.05) is 6.20 Å². The number of hydrogen-bond acceptors (Lipinski definition) is 4. The van der Waals surface area contributed by atoms with Crippen LogP contribution in [0.15, 0.2) is 12.3 Å². The van der Waals surface area contributed by atoms with Crippen LogP contribution in [0, 0.1) is 6.92 Å². The second-order valence-electron chi connectivity index (χ2n) is 5.93.